The Morgan fingerprint density at radius 3 is 1.15 bits per heavy atom. The van der Waals surface area contributed by atoms with Gasteiger partial charge in [-0.05, 0) is 146 Å². The summed E-state index contributed by atoms with van der Waals surface area (Å²) >= 11 is 0. The molecular formula is C52H48O8. The number of ether oxygens (including phenoxy) is 4. The third kappa shape index (κ3) is 10.7. The van der Waals surface area contributed by atoms with E-state index in [9.17, 15) is 19.2 Å². The van der Waals surface area contributed by atoms with Crippen LogP contribution in [0.1, 0.15) is 47.9 Å². The summed E-state index contributed by atoms with van der Waals surface area (Å²) in [7, 11) is 0. The van der Waals surface area contributed by atoms with Crippen LogP contribution in [0.3, 0.4) is 0 Å². The second kappa shape index (κ2) is 20.6. The Morgan fingerprint density at radius 1 is 0.400 bits per heavy atom. The second-order valence-corrected chi connectivity index (χ2v) is 14.4. The zero-order valence-corrected chi connectivity index (χ0v) is 33.7. The lowest BCUT2D eigenvalue weighted by molar-refractivity contribution is -0.139. The van der Waals surface area contributed by atoms with Crippen molar-refractivity contribution in [2.45, 2.75) is 51.7 Å². The second-order valence-electron chi connectivity index (χ2n) is 14.4. The molecule has 0 amide bonds. The standard InChI is InChI=1S/C52H48O8/c1-5-49(53)57-23-15-13-17-35-25-36(18-14-16-24-58-50(54)6-2)28-39(27-35)45-31-47-44-22-12-10-20-42(44)46(32-48(47)43-21-11-9-19-41(43)45)40-29-37(33-59-51(55)7-3)26-38(30-40)34-60-52(56)8-4/h5-12,19-22,25-32H,1-4,13-18,23-24,33-34H2. The van der Waals surface area contributed by atoms with Gasteiger partial charge in [-0.15, -0.1) is 0 Å². The first-order valence-electron chi connectivity index (χ1n) is 20.0. The van der Waals surface area contributed by atoms with Crippen LogP contribution in [0.5, 0.6) is 0 Å². The number of unbranched alkanes of at least 4 members (excludes halogenated alkanes) is 2. The van der Waals surface area contributed by atoms with E-state index < -0.39 is 23.9 Å². The average Bonchev–Trinajstić information content (AvgIpc) is 3.28. The van der Waals surface area contributed by atoms with Gasteiger partial charge in [-0.25, -0.2) is 19.2 Å². The van der Waals surface area contributed by atoms with Crippen molar-refractivity contribution in [1.82, 2.24) is 0 Å². The molecule has 0 unspecified atom stereocenters. The number of hydrogen-bond acceptors (Lipinski definition) is 8. The summed E-state index contributed by atoms with van der Waals surface area (Å²) in [6, 6.07) is 33.9. The van der Waals surface area contributed by atoms with Crippen LogP contribution in [-0.2, 0) is 64.2 Å². The van der Waals surface area contributed by atoms with Gasteiger partial charge in [0.1, 0.15) is 13.2 Å². The molecule has 6 aromatic carbocycles. The number of carbonyl (C=O) groups excluding carboxylic acids is 4. The quantitative estimate of drug-likeness (QED) is 0.0247. The molecule has 0 aromatic heterocycles. The van der Waals surface area contributed by atoms with E-state index in [0.29, 0.717) is 13.2 Å². The molecule has 0 aliphatic carbocycles. The lowest BCUT2D eigenvalue weighted by atomic mass is 9.86. The predicted molar refractivity (Wildman–Crippen MR) is 238 cm³/mol. The molecule has 0 fully saturated rings. The molecule has 0 atom stereocenters. The van der Waals surface area contributed by atoms with E-state index in [1.165, 1.54) is 23.3 Å². The first kappa shape index (κ1) is 42.5. The Kier molecular flexibility index (Phi) is 14.6. The van der Waals surface area contributed by atoms with E-state index in [4.69, 9.17) is 18.9 Å². The molecular weight excluding hydrogens is 753 g/mol. The fourth-order valence-corrected chi connectivity index (χ4v) is 7.47. The molecule has 6 aromatic rings. The van der Waals surface area contributed by atoms with Crippen molar-refractivity contribution in [1.29, 1.82) is 0 Å². The normalized spacial score (nSPS) is 10.9. The highest BCUT2D eigenvalue weighted by molar-refractivity contribution is 6.23. The Bertz CT molecular complexity index is 2530. The summed E-state index contributed by atoms with van der Waals surface area (Å²) in [5.41, 5.74) is 7.93. The summed E-state index contributed by atoms with van der Waals surface area (Å²) in [5, 5.41) is 6.46. The van der Waals surface area contributed by atoms with E-state index in [-0.39, 0.29) is 13.2 Å². The molecule has 0 aliphatic heterocycles. The fraction of sp³-hybridized carbons (Fsp3) is 0.192. The molecule has 0 aliphatic rings. The molecule has 0 bridgehead atoms. The molecule has 0 heterocycles. The monoisotopic (exact) mass is 800 g/mol. The zero-order chi connectivity index (χ0) is 42.4. The Hall–Kier alpha value is -7.06. The number of benzene rings is 6. The number of fused-ring (bicyclic) bond motifs is 5. The molecule has 8 nitrogen and oxygen atoms in total. The minimum Gasteiger partial charge on any atom is -0.463 e. The Labute approximate surface area is 350 Å². The van der Waals surface area contributed by atoms with Gasteiger partial charge in [-0.2, -0.15) is 0 Å². The largest absolute Gasteiger partial charge is 0.463 e. The summed E-state index contributed by atoms with van der Waals surface area (Å²) in [6.07, 6.45) is 9.36. The predicted octanol–water partition coefficient (Wildman–Crippen LogP) is 11.0. The van der Waals surface area contributed by atoms with Crippen molar-refractivity contribution < 1.29 is 38.1 Å². The highest BCUT2D eigenvalue weighted by atomic mass is 16.5. The smallest absolute Gasteiger partial charge is 0.330 e. The highest BCUT2D eigenvalue weighted by Gasteiger charge is 2.17. The number of hydrogen-bond donors (Lipinski definition) is 0. The van der Waals surface area contributed by atoms with Gasteiger partial charge in [-0.3, -0.25) is 0 Å². The summed E-state index contributed by atoms with van der Waals surface area (Å²) in [4.78, 5) is 47.3. The van der Waals surface area contributed by atoms with Crippen LogP contribution >= 0.6 is 0 Å². The minimum absolute atomic E-state index is 0.0193. The molecule has 6 rings (SSSR count). The average molecular weight is 801 g/mol. The number of esters is 4. The summed E-state index contributed by atoms with van der Waals surface area (Å²) < 4.78 is 21.3. The number of rotatable bonds is 20. The molecule has 0 saturated carbocycles. The molecule has 0 radical (unpaired) electrons. The first-order chi connectivity index (χ1) is 29.2. The van der Waals surface area contributed by atoms with E-state index in [2.05, 4.69) is 93.0 Å². The Morgan fingerprint density at radius 2 is 0.750 bits per heavy atom. The molecule has 8 heteroatoms. The van der Waals surface area contributed by atoms with Crippen molar-refractivity contribution in [2.75, 3.05) is 13.2 Å². The van der Waals surface area contributed by atoms with E-state index in [1.54, 1.807) is 0 Å². The van der Waals surface area contributed by atoms with Crippen molar-refractivity contribution in [2.24, 2.45) is 0 Å². The number of aryl methyl sites for hydroxylation is 2. The van der Waals surface area contributed by atoms with Crippen LogP contribution in [0.15, 0.2) is 148 Å². The number of carbonyl (C=O) groups is 4. The van der Waals surface area contributed by atoms with Crippen molar-refractivity contribution >= 4 is 56.2 Å². The first-order valence-corrected chi connectivity index (χ1v) is 20.0. The molecule has 304 valence electrons. The summed E-state index contributed by atoms with van der Waals surface area (Å²) in [5.74, 6) is -1.90. The van der Waals surface area contributed by atoms with E-state index >= 15 is 0 Å². The van der Waals surface area contributed by atoms with Gasteiger partial charge in [-0.1, -0.05) is 93.0 Å². The molecule has 0 spiro atoms. The topological polar surface area (TPSA) is 105 Å². The Balaban J connectivity index is 1.46. The van der Waals surface area contributed by atoms with Gasteiger partial charge in [0.15, 0.2) is 0 Å². The maximum Gasteiger partial charge on any atom is 0.330 e. The minimum atomic E-state index is -0.533. The van der Waals surface area contributed by atoms with Gasteiger partial charge in [0.2, 0.25) is 0 Å². The van der Waals surface area contributed by atoms with Gasteiger partial charge >= 0.3 is 23.9 Å². The summed E-state index contributed by atoms with van der Waals surface area (Å²) in [6.45, 7) is 14.7. The van der Waals surface area contributed by atoms with Gasteiger partial charge in [0, 0.05) is 24.3 Å². The van der Waals surface area contributed by atoms with Crippen molar-refractivity contribution in [3.63, 3.8) is 0 Å². The maximum atomic E-state index is 12.0. The van der Waals surface area contributed by atoms with Gasteiger partial charge in [0.05, 0.1) is 13.2 Å². The zero-order valence-electron chi connectivity index (χ0n) is 33.7. The highest BCUT2D eigenvalue weighted by Crippen LogP contribution is 2.42. The molecule has 0 saturated heterocycles. The van der Waals surface area contributed by atoms with E-state index in [1.807, 2.05) is 30.3 Å². The maximum absolute atomic E-state index is 12.0. The van der Waals surface area contributed by atoms with Crippen LogP contribution in [0.25, 0.3) is 54.6 Å². The van der Waals surface area contributed by atoms with E-state index in [0.717, 1.165) is 116 Å². The lowest BCUT2D eigenvalue weighted by Crippen LogP contribution is -2.03. The lowest BCUT2D eigenvalue weighted by Gasteiger charge is -2.18. The van der Waals surface area contributed by atoms with Crippen molar-refractivity contribution in [3.05, 3.63) is 170 Å². The van der Waals surface area contributed by atoms with Gasteiger partial charge in [0.25, 0.3) is 0 Å². The molecule has 60 heavy (non-hydrogen) atoms. The third-order valence-electron chi connectivity index (χ3n) is 10.2. The van der Waals surface area contributed by atoms with Crippen LogP contribution in [0.4, 0.5) is 0 Å². The van der Waals surface area contributed by atoms with Crippen LogP contribution in [-0.4, -0.2) is 37.1 Å². The van der Waals surface area contributed by atoms with Crippen molar-refractivity contribution in [3.8, 4) is 22.3 Å². The SMILES string of the molecule is C=CC(=O)OCCCCc1cc(CCCCOC(=O)C=C)cc(-c2cc3c4ccccc4c(-c4cc(COC(=O)C=C)cc(COC(=O)C=C)c4)cc3c3ccccc23)c1. The fourth-order valence-electron chi connectivity index (χ4n) is 7.47. The van der Waals surface area contributed by atoms with Crippen LogP contribution in [0.2, 0.25) is 0 Å². The van der Waals surface area contributed by atoms with Crippen LogP contribution in [0, 0.1) is 0 Å². The van der Waals surface area contributed by atoms with Crippen LogP contribution < -0.4 is 0 Å². The van der Waals surface area contributed by atoms with Gasteiger partial charge < -0.3 is 18.9 Å². The third-order valence-corrected chi connectivity index (χ3v) is 10.2. The molecule has 0 N–H and O–H groups in total.